The van der Waals surface area contributed by atoms with Crippen molar-refractivity contribution in [2.45, 2.75) is 62.6 Å². The molecule has 1 aromatic heterocycles. The molecule has 2 heterocycles. The van der Waals surface area contributed by atoms with Crippen molar-refractivity contribution in [3.8, 4) is 0 Å². The summed E-state index contributed by atoms with van der Waals surface area (Å²) in [6, 6.07) is 6.81. The van der Waals surface area contributed by atoms with Crippen LogP contribution in [0, 0.1) is 11.2 Å². The third-order valence-corrected chi connectivity index (χ3v) is 8.38. The summed E-state index contributed by atoms with van der Waals surface area (Å²) in [6.45, 7) is 5.36. The smallest absolute Gasteiger partial charge is 0.262 e. The monoisotopic (exact) mass is 434 g/mol. The normalized spacial score (nSPS) is 25.6. The fourth-order valence-electron chi connectivity index (χ4n) is 4.70. The molecule has 0 amide bonds. The second kappa shape index (κ2) is 8.05. The first-order chi connectivity index (χ1) is 14.1. The maximum absolute atomic E-state index is 13.5. The van der Waals surface area contributed by atoms with E-state index in [0.717, 1.165) is 31.2 Å². The molecule has 1 aliphatic carbocycles. The molecule has 0 bridgehead atoms. The largest absolute Gasteiger partial charge is 0.339 e. The minimum Gasteiger partial charge on any atom is -0.339 e. The van der Waals surface area contributed by atoms with Crippen molar-refractivity contribution in [3.05, 3.63) is 48.2 Å². The van der Waals surface area contributed by atoms with E-state index < -0.39 is 10.0 Å². The van der Waals surface area contributed by atoms with Crippen LogP contribution >= 0.6 is 0 Å². The molecular formula is C22H31FN4O2S. The predicted octanol–water partition coefficient (Wildman–Crippen LogP) is 3.27. The van der Waals surface area contributed by atoms with Crippen LogP contribution in [0.4, 0.5) is 4.39 Å². The molecule has 2 aliphatic rings. The van der Waals surface area contributed by atoms with Crippen LogP contribution in [0.15, 0.2) is 41.8 Å². The highest BCUT2D eigenvalue weighted by Gasteiger charge is 2.42. The van der Waals surface area contributed by atoms with Gasteiger partial charge in [-0.05, 0) is 48.8 Å². The zero-order chi connectivity index (χ0) is 21.5. The van der Waals surface area contributed by atoms with Gasteiger partial charge in [-0.3, -0.25) is 0 Å². The SMILES string of the molecule is Cn1cnc(S(=O)(=O)N2C[C@H](NC3CCC(C)(C)CC3)[C@@H](c3ccc(F)cc3)C2)c1. The van der Waals surface area contributed by atoms with Gasteiger partial charge in [0.2, 0.25) is 0 Å². The standard InChI is InChI=1S/C22H31FN4O2S/c1-22(2)10-8-18(9-11-22)25-20-13-27(30(28,29)21-14-26(3)15-24-21)12-19(20)16-4-6-17(23)7-5-16/h4-7,14-15,18-20,25H,8-13H2,1-3H3/t19-,20+/m1/s1. The predicted molar refractivity (Wildman–Crippen MR) is 114 cm³/mol. The maximum Gasteiger partial charge on any atom is 0.262 e. The second-order valence-electron chi connectivity index (χ2n) is 9.57. The number of imidazole rings is 1. The van der Waals surface area contributed by atoms with Crippen molar-refractivity contribution in [1.29, 1.82) is 0 Å². The van der Waals surface area contributed by atoms with E-state index in [2.05, 4.69) is 24.1 Å². The molecular weight excluding hydrogens is 403 g/mol. The van der Waals surface area contributed by atoms with Crippen molar-refractivity contribution in [3.63, 3.8) is 0 Å². The Hall–Kier alpha value is -1.77. The molecule has 0 spiro atoms. The number of hydrogen-bond donors (Lipinski definition) is 1. The third kappa shape index (κ3) is 4.45. The molecule has 1 saturated heterocycles. The van der Waals surface area contributed by atoms with Gasteiger partial charge in [0.15, 0.2) is 5.03 Å². The van der Waals surface area contributed by atoms with Gasteiger partial charge >= 0.3 is 0 Å². The highest BCUT2D eigenvalue weighted by atomic mass is 32.2. The first kappa shape index (κ1) is 21.5. The Balaban J connectivity index is 1.56. The molecule has 1 N–H and O–H groups in total. The second-order valence-corrected chi connectivity index (χ2v) is 11.5. The van der Waals surface area contributed by atoms with E-state index in [1.165, 1.54) is 29.0 Å². The molecule has 2 fully saturated rings. The average molecular weight is 435 g/mol. The van der Waals surface area contributed by atoms with E-state index in [-0.39, 0.29) is 22.8 Å². The van der Waals surface area contributed by atoms with Crippen LogP contribution in [0.3, 0.4) is 0 Å². The lowest BCUT2D eigenvalue weighted by Crippen LogP contribution is -2.45. The molecule has 2 atom stereocenters. The number of sulfonamides is 1. The Kier molecular flexibility index (Phi) is 5.76. The summed E-state index contributed by atoms with van der Waals surface area (Å²) >= 11 is 0. The van der Waals surface area contributed by atoms with Gasteiger partial charge in [0.25, 0.3) is 10.0 Å². The fraction of sp³-hybridized carbons (Fsp3) is 0.591. The zero-order valence-electron chi connectivity index (χ0n) is 17.9. The van der Waals surface area contributed by atoms with Gasteiger partial charge in [-0.15, -0.1) is 0 Å². The number of hydrogen-bond acceptors (Lipinski definition) is 4. The Morgan fingerprint density at radius 2 is 1.80 bits per heavy atom. The van der Waals surface area contributed by atoms with Crippen LogP contribution in [0.25, 0.3) is 0 Å². The third-order valence-electron chi connectivity index (χ3n) is 6.66. The maximum atomic E-state index is 13.5. The summed E-state index contributed by atoms with van der Waals surface area (Å²) in [7, 11) is -1.92. The summed E-state index contributed by atoms with van der Waals surface area (Å²) in [4.78, 5) is 4.06. The highest BCUT2D eigenvalue weighted by molar-refractivity contribution is 7.89. The number of nitrogens with zero attached hydrogens (tertiary/aromatic N) is 3. The molecule has 4 rings (SSSR count). The van der Waals surface area contributed by atoms with E-state index in [4.69, 9.17) is 0 Å². The summed E-state index contributed by atoms with van der Waals surface area (Å²) in [5, 5.41) is 3.82. The summed E-state index contributed by atoms with van der Waals surface area (Å²) in [6.07, 6.45) is 7.54. The Bertz CT molecular complexity index is 977. The number of aromatic nitrogens is 2. The summed E-state index contributed by atoms with van der Waals surface area (Å²) < 4.78 is 43.0. The van der Waals surface area contributed by atoms with Crippen LogP contribution in [-0.4, -0.2) is 47.4 Å². The van der Waals surface area contributed by atoms with Gasteiger partial charge in [0, 0.05) is 44.3 Å². The molecule has 30 heavy (non-hydrogen) atoms. The minimum atomic E-state index is -3.67. The summed E-state index contributed by atoms with van der Waals surface area (Å²) in [5.41, 5.74) is 1.34. The van der Waals surface area contributed by atoms with Crippen molar-refractivity contribution in [1.82, 2.24) is 19.2 Å². The van der Waals surface area contributed by atoms with Gasteiger partial charge in [-0.1, -0.05) is 26.0 Å². The Morgan fingerprint density at radius 1 is 1.13 bits per heavy atom. The number of benzene rings is 1. The molecule has 0 unspecified atom stereocenters. The Morgan fingerprint density at radius 3 is 2.40 bits per heavy atom. The van der Waals surface area contributed by atoms with Gasteiger partial charge in [-0.2, -0.15) is 4.31 Å². The van der Waals surface area contributed by atoms with Gasteiger partial charge < -0.3 is 9.88 Å². The molecule has 1 aliphatic heterocycles. The highest BCUT2D eigenvalue weighted by Crippen LogP contribution is 2.37. The van der Waals surface area contributed by atoms with E-state index in [9.17, 15) is 12.8 Å². The quantitative estimate of drug-likeness (QED) is 0.784. The lowest BCUT2D eigenvalue weighted by Gasteiger charge is -2.36. The van der Waals surface area contributed by atoms with Crippen LogP contribution in [0.5, 0.6) is 0 Å². The number of nitrogens with one attached hydrogen (secondary N) is 1. The molecule has 6 nitrogen and oxygen atoms in total. The molecule has 0 radical (unpaired) electrons. The van der Waals surface area contributed by atoms with Crippen molar-refractivity contribution in [2.24, 2.45) is 12.5 Å². The molecule has 2 aromatic rings. The Labute approximate surface area is 178 Å². The minimum absolute atomic E-state index is 0.0137. The first-order valence-corrected chi connectivity index (χ1v) is 12.1. The number of halogens is 1. The molecule has 164 valence electrons. The number of aryl methyl sites for hydroxylation is 1. The van der Waals surface area contributed by atoms with Crippen LogP contribution < -0.4 is 5.32 Å². The van der Waals surface area contributed by atoms with E-state index in [1.54, 1.807) is 23.7 Å². The molecule has 1 aromatic carbocycles. The van der Waals surface area contributed by atoms with Crippen LogP contribution in [0.1, 0.15) is 51.0 Å². The van der Waals surface area contributed by atoms with Gasteiger partial charge in [0.05, 0.1) is 6.33 Å². The lowest BCUT2D eigenvalue weighted by atomic mass is 9.75. The van der Waals surface area contributed by atoms with Crippen LogP contribution in [-0.2, 0) is 17.1 Å². The van der Waals surface area contributed by atoms with Crippen molar-refractivity contribution >= 4 is 10.0 Å². The average Bonchev–Trinajstić information content (AvgIpc) is 3.31. The van der Waals surface area contributed by atoms with Gasteiger partial charge in [0.1, 0.15) is 5.82 Å². The first-order valence-electron chi connectivity index (χ1n) is 10.6. The van der Waals surface area contributed by atoms with Gasteiger partial charge in [-0.25, -0.2) is 17.8 Å². The van der Waals surface area contributed by atoms with Crippen LogP contribution in [0.2, 0.25) is 0 Å². The van der Waals surface area contributed by atoms with E-state index >= 15 is 0 Å². The number of rotatable bonds is 5. The lowest BCUT2D eigenvalue weighted by molar-refractivity contribution is 0.197. The zero-order valence-corrected chi connectivity index (χ0v) is 18.7. The van der Waals surface area contributed by atoms with E-state index in [1.807, 2.05) is 0 Å². The van der Waals surface area contributed by atoms with E-state index in [0.29, 0.717) is 24.5 Å². The van der Waals surface area contributed by atoms with Crippen molar-refractivity contribution in [2.75, 3.05) is 13.1 Å². The fourth-order valence-corrected chi connectivity index (χ4v) is 6.16. The summed E-state index contributed by atoms with van der Waals surface area (Å²) in [5.74, 6) is -0.312. The van der Waals surface area contributed by atoms with Crippen molar-refractivity contribution < 1.29 is 12.8 Å². The molecule has 1 saturated carbocycles. The molecule has 8 heteroatoms. The topological polar surface area (TPSA) is 67.2 Å².